The largest absolute Gasteiger partial charge is 0.480 e. The number of nitrogens with zero attached hydrogens (tertiary/aromatic N) is 2. The number of aliphatic imine (C=N–C) groups is 1. The van der Waals surface area contributed by atoms with Crippen LogP contribution < -0.4 is 5.32 Å². The van der Waals surface area contributed by atoms with Crippen LogP contribution in [0.1, 0.15) is 35.5 Å². The number of benzene rings is 2. The number of carboxylic acid groups (broad SMARTS) is 1. The lowest BCUT2D eigenvalue weighted by molar-refractivity contribution is -0.139. The van der Waals surface area contributed by atoms with Crippen LogP contribution in [0.25, 0.3) is 0 Å². The second-order valence-electron chi connectivity index (χ2n) is 7.09. The molecule has 1 amide bonds. The second-order valence-corrected chi connectivity index (χ2v) is 7.09. The monoisotopic (exact) mass is 401 g/mol. The van der Waals surface area contributed by atoms with Crippen LogP contribution in [0.5, 0.6) is 0 Å². The van der Waals surface area contributed by atoms with Crippen LogP contribution in [0.2, 0.25) is 0 Å². The molecule has 1 atom stereocenters. The number of carboxylic acids is 1. The number of pyridine rings is 1. The van der Waals surface area contributed by atoms with E-state index in [1.807, 2.05) is 56.3 Å². The van der Waals surface area contributed by atoms with Crippen molar-refractivity contribution < 1.29 is 14.7 Å². The van der Waals surface area contributed by atoms with E-state index in [0.717, 1.165) is 5.56 Å². The van der Waals surface area contributed by atoms with Crippen LogP contribution in [0, 0.1) is 5.92 Å². The van der Waals surface area contributed by atoms with Crippen LogP contribution >= 0.6 is 0 Å². The van der Waals surface area contributed by atoms with Crippen LogP contribution in [0.3, 0.4) is 0 Å². The quantitative estimate of drug-likeness (QED) is 0.578. The lowest BCUT2D eigenvalue weighted by Gasteiger charge is -2.18. The molecule has 0 unspecified atom stereocenters. The van der Waals surface area contributed by atoms with Crippen molar-refractivity contribution >= 4 is 23.3 Å². The molecule has 2 N–H and O–H groups in total. The SMILES string of the molecule is CC(C)[C@H](N=C(c1ccccc1)c1ccccc1NC(=O)c1ccccn1)C(=O)O. The molecule has 3 rings (SSSR count). The maximum Gasteiger partial charge on any atom is 0.328 e. The van der Waals surface area contributed by atoms with Crippen LogP contribution in [0.4, 0.5) is 5.69 Å². The number of aromatic nitrogens is 1. The zero-order chi connectivity index (χ0) is 21.5. The summed E-state index contributed by atoms with van der Waals surface area (Å²) in [6, 6.07) is 20.8. The minimum absolute atomic E-state index is 0.198. The predicted octanol–water partition coefficient (Wildman–Crippen LogP) is 4.28. The summed E-state index contributed by atoms with van der Waals surface area (Å²) in [7, 11) is 0. The Kier molecular flexibility index (Phi) is 6.70. The number of carbonyl (C=O) groups is 2. The summed E-state index contributed by atoms with van der Waals surface area (Å²) >= 11 is 0. The number of hydrogen-bond acceptors (Lipinski definition) is 4. The van der Waals surface area contributed by atoms with E-state index in [1.54, 1.807) is 36.5 Å². The number of nitrogens with one attached hydrogen (secondary N) is 1. The highest BCUT2D eigenvalue weighted by atomic mass is 16.4. The first-order valence-electron chi connectivity index (χ1n) is 9.65. The van der Waals surface area contributed by atoms with Gasteiger partial charge in [-0.25, -0.2) is 4.79 Å². The van der Waals surface area contributed by atoms with Crippen LogP contribution in [-0.2, 0) is 4.79 Å². The van der Waals surface area contributed by atoms with Gasteiger partial charge >= 0.3 is 5.97 Å². The summed E-state index contributed by atoms with van der Waals surface area (Å²) in [5, 5.41) is 12.5. The molecular formula is C24H23N3O3. The summed E-state index contributed by atoms with van der Waals surface area (Å²) in [5.41, 5.74) is 2.73. The van der Waals surface area contributed by atoms with Crippen LogP contribution in [0.15, 0.2) is 84.0 Å². The number of rotatable bonds is 7. The highest BCUT2D eigenvalue weighted by molar-refractivity contribution is 6.18. The number of para-hydroxylation sites is 1. The third kappa shape index (κ3) is 4.97. The minimum Gasteiger partial charge on any atom is -0.480 e. The minimum atomic E-state index is -0.992. The highest BCUT2D eigenvalue weighted by Crippen LogP contribution is 2.23. The molecule has 0 aliphatic carbocycles. The second kappa shape index (κ2) is 9.60. The Labute approximate surface area is 175 Å². The van der Waals surface area contributed by atoms with E-state index in [0.29, 0.717) is 17.0 Å². The molecule has 6 nitrogen and oxygen atoms in total. The Morgan fingerprint density at radius 1 is 0.933 bits per heavy atom. The highest BCUT2D eigenvalue weighted by Gasteiger charge is 2.23. The fourth-order valence-electron chi connectivity index (χ4n) is 3.01. The molecule has 0 aliphatic heterocycles. The third-order valence-electron chi connectivity index (χ3n) is 4.53. The summed E-state index contributed by atoms with van der Waals surface area (Å²) in [5.74, 6) is -1.54. The maximum absolute atomic E-state index is 12.7. The molecule has 0 fully saturated rings. The van der Waals surface area contributed by atoms with E-state index in [-0.39, 0.29) is 17.5 Å². The first kappa shape index (κ1) is 20.9. The van der Waals surface area contributed by atoms with E-state index in [4.69, 9.17) is 0 Å². The number of aliphatic carboxylic acids is 1. The molecule has 1 aromatic heterocycles. The summed E-state index contributed by atoms with van der Waals surface area (Å²) in [4.78, 5) is 33.1. The first-order chi connectivity index (χ1) is 14.5. The van der Waals surface area contributed by atoms with Crippen molar-refractivity contribution in [3.8, 4) is 0 Å². The molecule has 2 aromatic carbocycles. The van der Waals surface area contributed by atoms with Gasteiger partial charge in [0.25, 0.3) is 5.91 Å². The van der Waals surface area contributed by atoms with E-state index in [9.17, 15) is 14.7 Å². The molecule has 152 valence electrons. The van der Waals surface area contributed by atoms with Gasteiger partial charge in [-0.1, -0.05) is 68.4 Å². The van der Waals surface area contributed by atoms with Gasteiger partial charge in [-0.2, -0.15) is 0 Å². The van der Waals surface area contributed by atoms with Crippen LogP contribution in [-0.4, -0.2) is 33.7 Å². The molecule has 6 heteroatoms. The topological polar surface area (TPSA) is 91.7 Å². The normalized spacial score (nSPS) is 12.4. The predicted molar refractivity (Wildman–Crippen MR) is 117 cm³/mol. The van der Waals surface area contributed by atoms with E-state index in [2.05, 4.69) is 15.3 Å². The Hall–Kier alpha value is -3.80. The Balaban J connectivity index is 2.09. The van der Waals surface area contributed by atoms with Crippen molar-refractivity contribution in [2.45, 2.75) is 19.9 Å². The smallest absolute Gasteiger partial charge is 0.328 e. The molecular weight excluding hydrogens is 378 g/mol. The van der Waals surface area contributed by atoms with Crippen molar-refractivity contribution in [1.29, 1.82) is 0 Å². The van der Waals surface area contributed by atoms with Gasteiger partial charge in [0, 0.05) is 17.3 Å². The van der Waals surface area contributed by atoms with Crippen molar-refractivity contribution in [3.05, 3.63) is 95.8 Å². The fraction of sp³-hybridized carbons (Fsp3) is 0.167. The van der Waals surface area contributed by atoms with Gasteiger partial charge < -0.3 is 10.4 Å². The average molecular weight is 401 g/mol. The number of anilines is 1. The third-order valence-corrected chi connectivity index (χ3v) is 4.53. The van der Waals surface area contributed by atoms with Gasteiger partial charge in [0.15, 0.2) is 0 Å². The Morgan fingerprint density at radius 2 is 1.60 bits per heavy atom. The summed E-state index contributed by atoms with van der Waals surface area (Å²) in [6.45, 7) is 3.64. The van der Waals surface area contributed by atoms with Crippen molar-refractivity contribution in [3.63, 3.8) is 0 Å². The average Bonchev–Trinajstić information content (AvgIpc) is 2.76. The zero-order valence-electron chi connectivity index (χ0n) is 16.8. The molecule has 0 radical (unpaired) electrons. The van der Waals surface area contributed by atoms with Gasteiger partial charge in [0.05, 0.1) is 11.4 Å². The molecule has 3 aromatic rings. The molecule has 0 saturated heterocycles. The maximum atomic E-state index is 12.7. The zero-order valence-corrected chi connectivity index (χ0v) is 16.8. The lowest BCUT2D eigenvalue weighted by Crippen LogP contribution is -2.26. The van der Waals surface area contributed by atoms with Crippen molar-refractivity contribution in [1.82, 2.24) is 4.98 Å². The van der Waals surface area contributed by atoms with Gasteiger partial charge in [0.1, 0.15) is 11.7 Å². The van der Waals surface area contributed by atoms with Gasteiger partial charge in [0.2, 0.25) is 0 Å². The standard InChI is InChI=1S/C24H23N3O3/c1-16(2)21(24(29)30)27-22(17-10-4-3-5-11-17)18-12-6-7-13-19(18)26-23(28)20-14-8-9-15-25-20/h3-16,21H,1-2H3,(H,26,28)(H,29,30)/t21-/m0/s1. The molecule has 0 spiro atoms. The summed E-state index contributed by atoms with van der Waals surface area (Å²) in [6.07, 6.45) is 1.55. The number of carbonyl (C=O) groups excluding carboxylic acids is 1. The Bertz CT molecular complexity index is 1050. The van der Waals surface area contributed by atoms with Gasteiger partial charge in [-0.15, -0.1) is 0 Å². The van der Waals surface area contributed by atoms with E-state index in [1.165, 1.54) is 0 Å². The summed E-state index contributed by atoms with van der Waals surface area (Å²) < 4.78 is 0. The lowest BCUT2D eigenvalue weighted by atomic mass is 9.98. The van der Waals surface area contributed by atoms with E-state index < -0.39 is 12.0 Å². The number of hydrogen-bond donors (Lipinski definition) is 2. The molecule has 1 heterocycles. The molecule has 0 bridgehead atoms. The molecule has 30 heavy (non-hydrogen) atoms. The molecule has 0 saturated carbocycles. The number of amides is 1. The Morgan fingerprint density at radius 3 is 2.23 bits per heavy atom. The molecule has 0 aliphatic rings. The van der Waals surface area contributed by atoms with Gasteiger partial charge in [-0.05, 0) is 24.1 Å². The first-order valence-corrected chi connectivity index (χ1v) is 9.65. The van der Waals surface area contributed by atoms with Gasteiger partial charge in [-0.3, -0.25) is 14.8 Å². The van der Waals surface area contributed by atoms with Crippen molar-refractivity contribution in [2.75, 3.05) is 5.32 Å². The fourth-order valence-corrected chi connectivity index (χ4v) is 3.01. The van der Waals surface area contributed by atoms with E-state index >= 15 is 0 Å². The van der Waals surface area contributed by atoms with Crippen molar-refractivity contribution in [2.24, 2.45) is 10.9 Å².